The van der Waals surface area contributed by atoms with Gasteiger partial charge in [-0.1, -0.05) is 25.3 Å². The summed E-state index contributed by atoms with van der Waals surface area (Å²) in [7, 11) is 0. The smallest absolute Gasteiger partial charge is 0.407 e. The molecule has 0 spiro atoms. The molecule has 5 nitrogen and oxygen atoms in total. The lowest BCUT2D eigenvalue weighted by Crippen LogP contribution is -2.46. The number of alkyl carbamates (subject to hydrolysis) is 1. The minimum atomic E-state index is -0.984. The van der Waals surface area contributed by atoms with Crippen molar-refractivity contribution in [2.45, 2.75) is 44.6 Å². The van der Waals surface area contributed by atoms with Gasteiger partial charge in [-0.3, -0.25) is 0 Å². The van der Waals surface area contributed by atoms with E-state index in [4.69, 9.17) is 9.84 Å². The number of rotatable bonds is 6. The van der Waals surface area contributed by atoms with Crippen molar-refractivity contribution in [2.24, 2.45) is 5.92 Å². The van der Waals surface area contributed by atoms with Crippen LogP contribution in [0.1, 0.15) is 38.5 Å². The summed E-state index contributed by atoms with van der Waals surface area (Å²) in [4.78, 5) is 22.6. The Morgan fingerprint density at radius 2 is 2.06 bits per heavy atom. The fourth-order valence-electron chi connectivity index (χ4n) is 2.25. The van der Waals surface area contributed by atoms with Gasteiger partial charge in [-0.05, 0) is 25.2 Å². The molecular weight excluding hydrogens is 234 g/mol. The summed E-state index contributed by atoms with van der Waals surface area (Å²) in [5.41, 5.74) is 0. The minimum absolute atomic E-state index is 0.0169. The number of aliphatic carboxylic acids is 1. The molecule has 0 saturated heterocycles. The normalized spacial score (nSPS) is 17.8. The number of ether oxygens (including phenoxy) is 1. The van der Waals surface area contributed by atoms with Crippen molar-refractivity contribution in [2.75, 3.05) is 6.61 Å². The van der Waals surface area contributed by atoms with Gasteiger partial charge in [-0.25, -0.2) is 9.59 Å². The molecule has 1 amide bonds. The van der Waals surface area contributed by atoms with E-state index in [1.54, 1.807) is 6.08 Å². The zero-order valence-corrected chi connectivity index (χ0v) is 10.6. The van der Waals surface area contributed by atoms with E-state index in [-0.39, 0.29) is 12.5 Å². The highest BCUT2D eigenvalue weighted by Gasteiger charge is 2.30. The SMILES string of the molecule is C=CCCOC(=O)N[C@H](C(=O)O)C1CCCCC1. The zero-order valence-electron chi connectivity index (χ0n) is 10.6. The lowest BCUT2D eigenvalue weighted by atomic mass is 9.84. The van der Waals surface area contributed by atoms with Crippen molar-refractivity contribution in [3.05, 3.63) is 12.7 Å². The summed E-state index contributed by atoms with van der Waals surface area (Å²) < 4.78 is 4.87. The third-order valence-corrected chi connectivity index (χ3v) is 3.22. The van der Waals surface area contributed by atoms with Crippen LogP contribution in [-0.4, -0.2) is 29.8 Å². The molecule has 1 saturated carbocycles. The maximum Gasteiger partial charge on any atom is 0.407 e. The number of carbonyl (C=O) groups is 2. The van der Waals surface area contributed by atoms with E-state index in [1.807, 2.05) is 0 Å². The predicted molar refractivity (Wildman–Crippen MR) is 67.3 cm³/mol. The lowest BCUT2D eigenvalue weighted by Gasteiger charge is -2.27. The number of carboxylic acid groups (broad SMARTS) is 1. The Balaban J connectivity index is 2.43. The van der Waals surface area contributed by atoms with Gasteiger partial charge >= 0.3 is 12.1 Å². The Labute approximate surface area is 107 Å². The first-order valence-electron chi connectivity index (χ1n) is 6.42. The maximum absolute atomic E-state index is 11.4. The topological polar surface area (TPSA) is 75.6 Å². The van der Waals surface area contributed by atoms with Crippen molar-refractivity contribution in [1.29, 1.82) is 0 Å². The Bertz CT molecular complexity index is 297. The summed E-state index contributed by atoms with van der Waals surface area (Å²) in [6.45, 7) is 3.74. The summed E-state index contributed by atoms with van der Waals surface area (Å²) in [5.74, 6) is -0.967. The van der Waals surface area contributed by atoms with Crippen LogP contribution >= 0.6 is 0 Å². The van der Waals surface area contributed by atoms with Crippen LogP contribution in [0.2, 0.25) is 0 Å². The number of carbonyl (C=O) groups excluding carboxylic acids is 1. The van der Waals surface area contributed by atoms with E-state index < -0.39 is 18.1 Å². The van der Waals surface area contributed by atoms with Crippen LogP contribution in [0.25, 0.3) is 0 Å². The van der Waals surface area contributed by atoms with Gasteiger partial charge < -0.3 is 15.2 Å². The molecule has 1 aliphatic rings. The second-order valence-corrected chi connectivity index (χ2v) is 4.57. The number of nitrogens with one attached hydrogen (secondary N) is 1. The second kappa shape index (κ2) is 7.74. The predicted octanol–water partition coefficient (Wildman–Crippen LogP) is 2.32. The van der Waals surface area contributed by atoms with E-state index in [1.165, 1.54) is 0 Å². The van der Waals surface area contributed by atoms with Crippen molar-refractivity contribution in [1.82, 2.24) is 5.32 Å². The molecule has 0 aromatic carbocycles. The largest absolute Gasteiger partial charge is 0.480 e. The fraction of sp³-hybridized carbons (Fsp3) is 0.692. The van der Waals surface area contributed by atoms with Crippen molar-refractivity contribution in [3.63, 3.8) is 0 Å². The molecule has 5 heteroatoms. The molecule has 1 rings (SSSR count). The molecule has 2 N–H and O–H groups in total. The summed E-state index contributed by atoms with van der Waals surface area (Å²) in [6, 6.07) is -0.832. The molecule has 0 heterocycles. The number of hydrogen-bond acceptors (Lipinski definition) is 3. The van der Waals surface area contributed by atoms with Crippen molar-refractivity contribution >= 4 is 12.1 Å². The molecule has 18 heavy (non-hydrogen) atoms. The third-order valence-electron chi connectivity index (χ3n) is 3.22. The summed E-state index contributed by atoms with van der Waals surface area (Å²) in [6.07, 6.45) is 6.45. The molecular formula is C13H21NO4. The summed E-state index contributed by atoms with van der Waals surface area (Å²) >= 11 is 0. The van der Waals surface area contributed by atoms with Gasteiger partial charge in [-0.15, -0.1) is 6.58 Å². The van der Waals surface area contributed by atoms with Crippen molar-refractivity contribution in [3.8, 4) is 0 Å². The number of hydrogen-bond donors (Lipinski definition) is 2. The fourth-order valence-corrected chi connectivity index (χ4v) is 2.25. The molecule has 0 bridgehead atoms. The average molecular weight is 255 g/mol. The molecule has 0 unspecified atom stereocenters. The highest BCUT2D eigenvalue weighted by atomic mass is 16.5. The van der Waals surface area contributed by atoms with Gasteiger partial charge in [0.1, 0.15) is 6.04 Å². The van der Waals surface area contributed by atoms with Gasteiger partial charge in [0, 0.05) is 0 Å². The van der Waals surface area contributed by atoms with Gasteiger partial charge in [0.2, 0.25) is 0 Å². The van der Waals surface area contributed by atoms with E-state index in [0.717, 1.165) is 32.1 Å². The molecule has 102 valence electrons. The third kappa shape index (κ3) is 4.77. The molecule has 0 aliphatic heterocycles. The molecule has 0 radical (unpaired) electrons. The molecule has 0 aromatic heterocycles. The van der Waals surface area contributed by atoms with Crippen LogP contribution in [0.3, 0.4) is 0 Å². The van der Waals surface area contributed by atoms with Gasteiger partial charge in [0.05, 0.1) is 6.61 Å². The van der Waals surface area contributed by atoms with Gasteiger partial charge in [0.15, 0.2) is 0 Å². The second-order valence-electron chi connectivity index (χ2n) is 4.57. The Morgan fingerprint density at radius 1 is 1.39 bits per heavy atom. The van der Waals surface area contributed by atoms with E-state index in [0.29, 0.717) is 6.42 Å². The van der Waals surface area contributed by atoms with E-state index in [2.05, 4.69) is 11.9 Å². The quantitative estimate of drug-likeness (QED) is 0.564. The number of carboxylic acids is 1. The van der Waals surface area contributed by atoms with Gasteiger partial charge in [-0.2, -0.15) is 0 Å². The zero-order chi connectivity index (χ0) is 13.4. The first-order chi connectivity index (χ1) is 8.65. The average Bonchev–Trinajstić information content (AvgIpc) is 2.37. The highest BCUT2D eigenvalue weighted by molar-refractivity contribution is 5.80. The van der Waals surface area contributed by atoms with Crippen LogP contribution in [-0.2, 0) is 9.53 Å². The van der Waals surface area contributed by atoms with Crippen LogP contribution in [0.4, 0.5) is 4.79 Å². The van der Waals surface area contributed by atoms with Crippen molar-refractivity contribution < 1.29 is 19.4 Å². The standard InChI is InChI=1S/C13H21NO4/c1-2-3-9-18-13(17)14-11(12(15)16)10-7-5-4-6-8-10/h2,10-11H,1,3-9H2,(H,14,17)(H,15,16)/t11-/m0/s1. The maximum atomic E-state index is 11.4. The lowest BCUT2D eigenvalue weighted by molar-refractivity contribution is -0.141. The number of amides is 1. The minimum Gasteiger partial charge on any atom is -0.480 e. The molecule has 0 aromatic rings. The van der Waals surface area contributed by atoms with Crippen LogP contribution in [0.15, 0.2) is 12.7 Å². The van der Waals surface area contributed by atoms with Crippen LogP contribution < -0.4 is 5.32 Å². The summed E-state index contributed by atoms with van der Waals surface area (Å²) in [5, 5.41) is 11.6. The van der Waals surface area contributed by atoms with Crippen LogP contribution in [0.5, 0.6) is 0 Å². The van der Waals surface area contributed by atoms with E-state index >= 15 is 0 Å². The first-order valence-corrected chi connectivity index (χ1v) is 6.42. The monoisotopic (exact) mass is 255 g/mol. The Morgan fingerprint density at radius 3 is 2.61 bits per heavy atom. The first kappa shape index (κ1) is 14.5. The van der Waals surface area contributed by atoms with Crippen LogP contribution in [0, 0.1) is 5.92 Å². The molecule has 1 aliphatic carbocycles. The molecule has 1 fully saturated rings. The van der Waals surface area contributed by atoms with Gasteiger partial charge in [0.25, 0.3) is 0 Å². The highest BCUT2D eigenvalue weighted by Crippen LogP contribution is 2.26. The Hall–Kier alpha value is -1.52. The Kier molecular flexibility index (Phi) is 6.25. The molecule has 1 atom stereocenters. The van der Waals surface area contributed by atoms with E-state index in [9.17, 15) is 9.59 Å².